The van der Waals surface area contributed by atoms with Gasteiger partial charge in [0.1, 0.15) is 11.6 Å². The van der Waals surface area contributed by atoms with Gasteiger partial charge in [0.2, 0.25) is 0 Å². The molecule has 2 aromatic rings. The van der Waals surface area contributed by atoms with Crippen molar-refractivity contribution in [2.45, 2.75) is 45.1 Å². The molecule has 0 saturated heterocycles. The minimum Gasteiger partial charge on any atom is -0.278 e. The van der Waals surface area contributed by atoms with Crippen molar-refractivity contribution < 1.29 is 4.39 Å². The normalized spacial score (nSPS) is 16.0. The Morgan fingerprint density at radius 1 is 1.30 bits per heavy atom. The van der Waals surface area contributed by atoms with Gasteiger partial charge in [0.25, 0.3) is 0 Å². The van der Waals surface area contributed by atoms with Gasteiger partial charge in [-0.25, -0.2) is 13.9 Å². The fraction of sp³-hybridized carbons (Fsp3) is 0.529. The molecule has 1 fully saturated rings. The van der Waals surface area contributed by atoms with E-state index in [1.54, 1.807) is 17.7 Å². The SMILES string of the molecule is Cn1nc(Cc2ccc(F)cc2Cl)n(CC2CCCCC2)c1=O. The summed E-state index contributed by atoms with van der Waals surface area (Å²) in [6.07, 6.45) is 6.52. The Hall–Kier alpha value is -1.62. The lowest BCUT2D eigenvalue weighted by Crippen LogP contribution is -2.27. The lowest BCUT2D eigenvalue weighted by Gasteiger charge is -2.22. The van der Waals surface area contributed by atoms with E-state index in [1.807, 2.05) is 0 Å². The first-order chi connectivity index (χ1) is 11.0. The van der Waals surface area contributed by atoms with Crippen molar-refractivity contribution in [2.75, 3.05) is 0 Å². The summed E-state index contributed by atoms with van der Waals surface area (Å²) in [5.41, 5.74) is 0.687. The van der Waals surface area contributed by atoms with Gasteiger partial charge in [-0.15, -0.1) is 0 Å². The molecule has 6 heteroatoms. The van der Waals surface area contributed by atoms with Crippen molar-refractivity contribution in [2.24, 2.45) is 13.0 Å². The minimum absolute atomic E-state index is 0.0937. The van der Waals surface area contributed by atoms with Crippen molar-refractivity contribution in [3.8, 4) is 0 Å². The molecule has 0 aliphatic heterocycles. The van der Waals surface area contributed by atoms with E-state index >= 15 is 0 Å². The van der Waals surface area contributed by atoms with Gasteiger partial charge >= 0.3 is 5.69 Å². The second kappa shape index (κ2) is 6.87. The molecule has 0 atom stereocenters. The molecule has 0 radical (unpaired) electrons. The van der Waals surface area contributed by atoms with Crippen molar-refractivity contribution in [3.63, 3.8) is 0 Å². The molecule has 1 aliphatic carbocycles. The van der Waals surface area contributed by atoms with Gasteiger partial charge in [-0.2, -0.15) is 5.10 Å². The fourth-order valence-corrected chi connectivity index (χ4v) is 3.57. The number of benzene rings is 1. The van der Waals surface area contributed by atoms with Gasteiger partial charge in [0, 0.05) is 25.0 Å². The average Bonchev–Trinajstić information content (AvgIpc) is 2.79. The third-order valence-electron chi connectivity index (χ3n) is 4.61. The molecule has 1 aromatic heterocycles. The summed E-state index contributed by atoms with van der Waals surface area (Å²) < 4.78 is 16.3. The highest BCUT2D eigenvalue weighted by Crippen LogP contribution is 2.25. The van der Waals surface area contributed by atoms with E-state index in [4.69, 9.17) is 11.6 Å². The molecule has 0 spiro atoms. The third-order valence-corrected chi connectivity index (χ3v) is 4.97. The summed E-state index contributed by atoms with van der Waals surface area (Å²) in [5.74, 6) is 0.865. The van der Waals surface area contributed by atoms with Crippen LogP contribution < -0.4 is 5.69 Å². The molecule has 3 rings (SSSR count). The molecular formula is C17H21ClFN3O. The molecule has 124 valence electrons. The first-order valence-electron chi connectivity index (χ1n) is 8.11. The average molecular weight is 338 g/mol. The Morgan fingerprint density at radius 2 is 2.04 bits per heavy atom. The summed E-state index contributed by atoms with van der Waals surface area (Å²) in [7, 11) is 1.66. The lowest BCUT2D eigenvalue weighted by atomic mass is 9.89. The van der Waals surface area contributed by atoms with E-state index in [2.05, 4.69) is 5.10 Å². The minimum atomic E-state index is -0.362. The monoisotopic (exact) mass is 337 g/mol. The van der Waals surface area contributed by atoms with Crippen LogP contribution in [0.15, 0.2) is 23.0 Å². The predicted molar refractivity (Wildman–Crippen MR) is 88.3 cm³/mol. The maximum atomic E-state index is 13.2. The van der Waals surface area contributed by atoms with Crippen molar-refractivity contribution in [1.82, 2.24) is 14.3 Å². The number of hydrogen-bond donors (Lipinski definition) is 0. The first kappa shape index (κ1) is 16.2. The zero-order chi connectivity index (χ0) is 16.4. The standard InChI is InChI=1S/C17H21ClFN3O/c1-21-17(23)22(11-12-5-3-2-4-6-12)16(20-21)9-13-7-8-14(19)10-15(13)18/h7-8,10,12H,2-6,9,11H2,1H3. The Morgan fingerprint density at radius 3 is 2.74 bits per heavy atom. The summed E-state index contributed by atoms with van der Waals surface area (Å²) in [4.78, 5) is 12.4. The van der Waals surface area contributed by atoms with Crippen LogP contribution >= 0.6 is 11.6 Å². The Labute approximate surface area is 139 Å². The highest BCUT2D eigenvalue weighted by molar-refractivity contribution is 6.31. The van der Waals surface area contributed by atoms with Crippen LogP contribution in [0, 0.1) is 11.7 Å². The number of halogens is 2. The molecule has 23 heavy (non-hydrogen) atoms. The van der Waals surface area contributed by atoms with Gasteiger partial charge in [0.05, 0.1) is 0 Å². The topological polar surface area (TPSA) is 39.8 Å². The molecule has 0 bridgehead atoms. The Kier molecular flexibility index (Phi) is 4.85. The smallest absolute Gasteiger partial charge is 0.278 e. The van der Waals surface area contributed by atoms with Gasteiger partial charge in [-0.05, 0) is 36.5 Å². The van der Waals surface area contributed by atoms with Gasteiger partial charge in [0.15, 0.2) is 0 Å². The number of aryl methyl sites for hydroxylation is 1. The van der Waals surface area contributed by atoms with E-state index in [-0.39, 0.29) is 11.5 Å². The summed E-state index contributed by atoms with van der Waals surface area (Å²) in [5, 5.41) is 4.72. The maximum Gasteiger partial charge on any atom is 0.345 e. The Balaban J connectivity index is 1.86. The van der Waals surface area contributed by atoms with Crippen LogP contribution in [0.25, 0.3) is 0 Å². The fourth-order valence-electron chi connectivity index (χ4n) is 3.33. The third kappa shape index (κ3) is 3.66. The molecular weight excluding hydrogens is 317 g/mol. The van der Waals surface area contributed by atoms with Gasteiger partial charge < -0.3 is 0 Å². The summed E-state index contributed by atoms with van der Waals surface area (Å²) in [6, 6.07) is 4.33. The van der Waals surface area contributed by atoms with E-state index in [0.29, 0.717) is 29.7 Å². The van der Waals surface area contributed by atoms with Crippen LogP contribution in [0.2, 0.25) is 5.02 Å². The van der Waals surface area contributed by atoms with Crippen LogP contribution in [0.4, 0.5) is 4.39 Å². The van der Waals surface area contributed by atoms with E-state index in [9.17, 15) is 9.18 Å². The first-order valence-corrected chi connectivity index (χ1v) is 8.49. The van der Waals surface area contributed by atoms with Crippen LogP contribution in [0.1, 0.15) is 43.5 Å². The second-order valence-corrected chi connectivity index (χ2v) is 6.76. The molecule has 1 aliphatic rings. The highest BCUT2D eigenvalue weighted by atomic mass is 35.5. The van der Waals surface area contributed by atoms with Crippen LogP contribution in [0.3, 0.4) is 0 Å². The second-order valence-electron chi connectivity index (χ2n) is 6.35. The molecule has 1 heterocycles. The lowest BCUT2D eigenvalue weighted by molar-refractivity contribution is 0.313. The quantitative estimate of drug-likeness (QED) is 0.856. The highest BCUT2D eigenvalue weighted by Gasteiger charge is 2.19. The number of hydrogen-bond acceptors (Lipinski definition) is 2. The molecule has 0 N–H and O–H groups in total. The molecule has 0 amide bonds. The van der Waals surface area contributed by atoms with Gasteiger partial charge in [-0.1, -0.05) is 36.9 Å². The van der Waals surface area contributed by atoms with Crippen molar-refractivity contribution >= 4 is 11.6 Å². The number of nitrogens with zero attached hydrogens (tertiary/aromatic N) is 3. The summed E-state index contributed by atoms with van der Waals surface area (Å²) in [6.45, 7) is 0.709. The number of aromatic nitrogens is 3. The zero-order valence-corrected chi connectivity index (χ0v) is 14.0. The summed E-state index contributed by atoms with van der Waals surface area (Å²) >= 11 is 6.11. The molecule has 1 saturated carbocycles. The predicted octanol–water partition coefficient (Wildman–Crippen LogP) is 3.55. The van der Waals surface area contributed by atoms with Crippen LogP contribution in [-0.2, 0) is 20.0 Å². The molecule has 0 unspecified atom stereocenters. The Bertz CT molecular complexity index is 747. The van der Waals surface area contributed by atoms with Crippen molar-refractivity contribution in [1.29, 1.82) is 0 Å². The van der Waals surface area contributed by atoms with Crippen LogP contribution in [-0.4, -0.2) is 14.3 Å². The largest absolute Gasteiger partial charge is 0.345 e. The van der Waals surface area contributed by atoms with Gasteiger partial charge in [-0.3, -0.25) is 4.57 Å². The molecule has 4 nitrogen and oxygen atoms in total. The van der Waals surface area contributed by atoms with Crippen LogP contribution in [0.5, 0.6) is 0 Å². The van der Waals surface area contributed by atoms with Crippen molar-refractivity contribution in [3.05, 3.63) is 50.9 Å². The van der Waals surface area contributed by atoms with E-state index in [0.717, 1.165) is 18.4 Å². The van der Waals surface area contributed by atoms with E-state index < -0.39 is 0 Å². The zero-order valence-electron chi connectivity index (χ0n) is 13.3. The number of rotatable bonds is 4. The molecule has 1 aromatic carbocycles. The maximum absolute atomic E-state index is 13.2. The van der Waals surface area contributed by atoms with E-state index in [1.165, 1.54) is 36.1 Å².